The van der Waals surface area contributed by atoms with Crippen LogP contribution in [0.4, 0.5) is 4.79 Å². The van der Waals surface area contributed by atoms with Crippen molar-refractivity contribution in [2.75, 3.05) is 13.3 Å². The van der Waals surface area contributed by atoms with Gasteiger partial charge in [-0.05, 0) is 37.1 Å². The molecule has 0 aliphatic carbocycles. The van der Waals surface area contributed by atoms with Crippen molar-refractivity contribution in [2.24, 2.45) is 0 Å². The summed E-state index contributed by atoms with van der Waals surface area (Å²) in [5.41, 5.74) is 2.11. The highest BCUT2D eigenvalue weighted by Crippen LogP contribution is 2.33. The molecule has 0 radical (unpaired) electrons. The van der Waals surface area contributed by atoms with Gasteiger partial charge in [-0.1, -0.05) is 36.4 Å². The number of benzene rings is 2. The smallest absolute Gasteiger partial charge is 0.318 e. The maximum Gasteiger partial charge on any atom is 0.318 e. The second-order valence-electron chi connectivity index (χ2n) is 5.74. The van der Waals surface area contributed by atoms with E-state index in [1.165, 1.54) is 0 Å². The third-order valence-electron chi connectivity index (χ3n) is 4.13. The van der Waals surface area contributed by atoms with Crippen LogP contribution in [-0.2, 0) is 6.54 Å². The van der Waals surface area contributed by atoms with Gasteiger partial charge < -0.3 is 19.7 Å². The Labute approximate surface area is 142 Å². The van der Waals surface area contributed by atoms with Crippen molar-refractivity contribution >= 4 is 6.03 Å². The van der Waals surface area contributed by atoms with Crippen LogP contribution < -0.4 is 14.8 Å². The van der Waals surface area contributed by atoms with Crippen LogP contribution in [0.25, 0.3) is 0 Å². The highest BCUT2D eigenvalue weighted by atomic mass is 16.7. The first-order chi connectivity index (χ1) is 11.7. The quantitative estimate of drug-likeness (QED) is 0.911. The minimum atomic E-state index is -0.0773. The second kappa shape index (κ2) is 7.25. The van der Waals surface area contributed by atoms with Gasteiger partial charge in [-0.3, -0.25) is 0 Å². The molecule has 5 nitrogen and oxygen atoms in total. The molecule has 1 heterocycles. The number of ether oxygens (including phenoxy) is 2. The number of hydrogen-bond donors (Lipinski definition) is 1. The molecule has 24 heavy (non-hydrogen) atoms. The first kappa shape index (κ1) is 16.2. The lowest BCUT2D eigenvalue weighted by Gasteiger charge is -2.30. The summed E-state index contributed by atoms with van der Waals surface area (Å²) in [6.07, 6.45) is 0. The number of amides is 2. The van der Waals surface area contributed by atoms with Crippen molar-refractivity contribution in [1.82, 2.24) is 10.2 Å². The van der Waals surface area contributed by atoms with Gasteiger partial charge in [0.1, 0.15) is 0 Å². The van der Waals surface area contributed by atoms with Crippen molar-refractivity contribution < 1.29 is 14.3 Å². The zero-order valence-electron chi connectivity index (χ0n) is 14.0. The zero-order valence-corrected chi connectivity index (χ0v) is 14.0. The fraction of sp³-hybridized carbons (Fsp3) is 0.316. The van der Waals surface area contributed by atoms with Gasteiger partial charge in [0.25, 0.3) is 0 Å². The first-order valence-electron chi connectivity index (χ1n) is 8.17. The molecule has 126 valence electrons. The van der Waals surface area contributed by atoms with E-state index in [2.05, 4.69) is 5.32 Å². The van der Waals surface area contributed by atoms with Gasteiger partial charge in [-0.25, -0.2) is 4.79 Å². The van der Waals surface area contributed by atoms with Gasteiger partial charge in [-0.2, -0.15) is 0 Å². The molecule has 0 saturated carbocycles. The molecule has 0 fully saturated rings. The number of carbonyl (C=O) groups excluding carboxylic acids is 1. The Morgan fingerprint density at radius 3 is 2.67 bits per heavy atom. The van der Waals surface area contributed by atoms with Crippen LogP contribution in [-0.4, -0.2) is 24.3 Å². The molecule has 1 aliphatic rings. The molecular weight excluding hydrogens is 304 g/mol. The third-order valence-corrected chi connectivity index (χ3v) is 4.13. The Kier molecular flexibility index (Phi) is 4.89. The number of urea groups is 1. The van der Waals surface area contributed by atoms with E-state index in [-0.39, 0.29) is 18.9 Å². The van der Waals surface area contributed by atoms with Crippen LogP contribution in [0.3, 0.4) is 0 Å². The standard InChI is InChI=1S/C19H22N2O3/c1-3-20-19(22)21(14(2)16-7-5-4-6-8-16)12-15-9-10-17-18(11-15)24-13-23-17/h4-11,14H,3,12-13H2,1-2H3,(H,20,22). The van der Waals surface area contributed by atoms with E-state index in [1.807, 2.05) is 67.3 Å². The summed E-state index contributed by atoms with van der Waals surface area (Å²) in [5.74, 6) is 1.48. The molecule has 1 atom stereocenters. The van der Waals surface area contributed by atoms with Gasteiger partial charge in [0.15, 0.2) is 11.5 Å². The summed E-state index contributed by atoms with van der Waals surface area (Å²) in [4.78, 5) is 14.4. The maximum atomic E-state index is 12.6. The summed E-state index contributed by atoms with van der Waals surface area (Å²) < 4.78 is 10.8. The van der Waals surface area contributed by atoms with Gasteiger partial charge in [-0.15, -0.1) is 0 Å². The van der Waals surface area contributed by atoms with Crippen molar-refractivity contribution in [3.8, 4) is 11.5 Å². The molecule has 0 spiro atoms. The van der Waals surface area contributed by atoms with Crippen molar-refractivity contribution in [1.29, 1.82) is 0 Å². The zero-order chi connectivity index (χ0) is 16.9. The SMILES string of the molecule is CCNC(=O)N(Cc1ccc2c(c1)OCO2)C(C)c1ccccc1. The number of carbonyl (C=O) groups is 1. The summed E-state index contributed by atoms with van der Waals surface area (Å²) in [5, 5.41) is 2.90. The minimum absolute atomic E-state index is 0.0387. The fourth-order valence-electron chi connectivity index (χ4n) is 2.78. The Bertz CT molecular complexity index is 703. The van der Waals surface area contributed by atoms with E-state index >= 15 is 0 Å². The monoisotopic (exact) mass is 326 g/mol. The number of nitrogens with zero attached hydrogens (tertiary/aromatic N) is 1. The highest BCUT2D eigenvalue weighted by Gasteiger charge is 2.22. The molecular formula is C19H22N2O3. The van der Waals surface area contributed by atoms with E-state index in [0.29, 0.717) is 13.1 Å². The summed E-state index contributed by atoms with van der Waals surface area (Å²) in [7, 11) is 0. The highest BCUT2D eigenvalue weighted by molar-refractivity contribution is 5.74. The van der Waals surface area contributed by atoms with Crippen LogP contribution in [0.15, 0.2) is 48.5 Å². The number of nitrogens with one attached hydrogen (secondary N) is 1. The molecule has 2 aromatic carbocycles. The Morgan fingerprint density at radius 2 is 1.92 bits per heavy atom. The lowest BCUT2D eigenvalue weighted by molar-refractivity contribution is 0.172. The van der Waals surface area contributed by atoms with E-state index in [0.717, 1.165) is 22.6 Å². The van der Waals surface area contributed by atoms with E-state index in [9.17, 15) is 4.79 Å². The molecule has 0 bridgehead atoms. The Balaban J connectivity index is 1.83. The maximum absolute atomic E-state index is 12.6. The number of rotatable bonds is 5. The topological polar surface area (TPSA) is 50.8 Å². The summed E-state index contributed by atoms with van der Waals surface area (Å²) in [6.45, 7) is 5.30. The predicted molar refractivity (Wildman–Crippen MR) is 92.0 cm³/mol. The van der Waals surface area contributed by atoms with E-state index < -0.39 is 0 Å². The molecule has 5 heteroatoms. The van der Waals surface area contributed by atoms with Crippen LogP contribution in [0, 0.1) is 0 Å². The van der Waals surface area contributed by atoms with Gasteiger partial charge in [0.05, 0.1) is 6.04 Å². The molecule has 0 aromatic heterocycles. The summed E-state index contributed by atoms with van der Waals surface area (Å²) >= 11 is 0. The molecule has 2 amide bonds. The first-order valence-corrected chi connectivity index (χ1v) is 8.17. The number of hydrogen-bond acceptors (Lipinski definition) is 3. The normalized spacial score (nSPS) is 13.4. The second-order valence-corrected chi connectivity index (χ2v) is 5.74. The molecule has 1 N–H and O–H groups in total. The molecule has 2 aromatic rings. The van der Waals surface area contributed by atoms with Gasteiger partial charge >= 0.3 is 6.03 Å². The van der Waals surface area contributed by atoms with Crippen LogP contribution in [0.5, 0.6) is 11.5 Å². The number of fused-ring (bicyclic) bond motifs is 1. The van der Waals surface area contributed by atoms with Crippen molar-refractivity contribution in [3.05, 3.63) is 59.7 Å². The largest absolute Gasteiger partial charge is 0.454 e. The van der Waals surface area contributed by atoms with Gasteiger partial charge in [0, 0.05) is 13.1 Å². The molecule has 0 saturated heterocycles. The predicted octanol–water partition coefficient (Wildman–Crippen LogP) is 3.71. The van der Waals surface area contributed by atoms with Crippen molar-refractivity contribution in [2.45, 2.75) is 26.4 Å². The minimum Gasteiger partial charge on any atom is -0.454 e. The van der Waals surface area contributed by atoms with Crippen LogP contribution in [0.2, 0.25) is 0 Å². The molecule has 3 rings (SSSR count). The third kappa shape index (κ3) is 3.45. The average Bonchev–Trinajstić information content (AvgIpc) is 3.07. The average molecular weight is 326 g/mol. The summed E-state index contributed by atoms with van der Waals surface area (Å²) in [6, 6.07) is 15.7. The lowest BCUT2D eigenvalue weighted by atomic mass is 10.1. The van der Waals surface area contributed by atoms with E-state index in [4.69, 9.17) is 9.47 Å². The fourth-order valence-corrected chi connectivity index (χ4v) is 2.78. The van der Waals surface area contributed by atoms with Crippen LogP contribution in [0.1, 0.15) is 31.0 Å². The lowest BCUT2D eigenvalue weighted by Crippen LogP contribution is -2.40. The van der Waals surface area contributed by atoms with Gasteiger partial charge in [0.2, 0.25) is 6.79 Å². The Morgan fingerprint density at radius 1 is 1.17 bits per heavy atom. The van der Waals surface area contributed by atoms with Crippen LogP contribution >= 0.6 is 0 Å². The molecule has 1 unspecified atom stereocenters. The van der Waals surface area contributed by atoms with E-state index in [1.54, 1.807) is 0 Å². The Hall–Kier alpha value is -2.69. The molecule has 1 aliphatic heterocycles. The van der Waals surface area contributed by atoms with Crippen molar-refractivity contribution in [3.63, 3.8) is 0 Å².